The molecule has 4 atom stereocenters. The third kappa shape index (κ3) is 9.16. The number of carbonyl (C=O) groups is 4. The van der Waals surface area contributed by atoms with Crippen LogP contribution in [-0.4, -0.2) is 96.3 Å². The normalized spacial score (nSPS) is 19.5. The summed E-state index contributed by atoms with van der Waals surface area (Å²) in [6.07, 6.45) is 0.858. The van der Waals surface area contributed by atoms with E-state index in [-0.39, 0.29) is 62.4 Å². The molecule has 0 unspecified atom stereocenters. The van der Waals surface area contributed by atoms with Crippen LogP contribution in [0.1, 0.15) is 48.6 Å². The molecule has 2 aromatic carbocycles. The molecular weight excluding hydrogens is 710 g/mol. The Bertz CT molecular complexity index is 2010. The Labute approximate surface area is 315 Å². The summed E-state index contributed by atoms with van der Waals surface area (Å²) in [5.41, 5.74) is 3.88. The van der Waals surface area contributed by atoms with Crippen LogP contribution in [0.25, 0.3) is 22.8 Å². The number of aliphatic hydroxyl groups excluding tert-OH is 2. The van der Waals surface area contributed by atoms with Crippen LogP contribution in [0.4, 0.5) is 11.4 Å². The number of oxazole rings is 1. The van der Waals surface area contributed by atoms with Gasteiger partial charge < -0.3 is 44.1 Å². The molecule has 286 valence electrons. The van der Waals surface area contributed by atoms with E-state index in [2.05, 4.69) is 25.9 Å². The molecule has 3 aromatic heterocycles. The van der Waals surface area contributed by atoms with Gasteiger partial charge in [-0.25, -0.2) is 4.98 Å². The fourth-order valence-corrected chi connectivity index (χ4v) is 7.09. The lowest BCUT2D eigenvalue weighted by Gasteiger charge is -2.23. The summed E-state index contributed by atoms with van der Waals surface area (Å²) in [6.45, 7) is 3.84. The van der Waals surface area contributed by atoms with Crippen molar-refractivity contribution >= 4 is 35.0 Å². The number of carbonyl (C=O) groups excluding carboxylic acids is 4. The van der Waals surface area contributed by atoms with Gasteiger partial charge in [0.15, 0.2) is 5.76 Å². The number of aryl methyl sites for hydroxylation is 2. The first-order valence-electron chi connectivity index (χ1n) is 18.0. The third-order valence-electron chi connectivity index (χ3n) is 9.65. The molecular formula is C39H41N7O9. The van der Waals surface area contributed by atoms with E-state index in [0.29, 0.717) is 64.3 Å². The summed E-state index contributed by atoms with van der Waals surface area (Å²) in [6, 6.07) is 16.5. The number of hydrogen-bond donors (Lipinski definition) is 4. The zero-order chi connectivity index (χ0) is 38.6. The van der Waals surface area contributed by atoms with Crippen LogP contribution in [0.3, 0.4) is 0 Å². The molecule has 4 N–H and O–H groups in total. The van der Waals surface area contributed by atoms with Gasteiger partial charge in [-0.3, -0.25) is 19.2 Å². The van der Waals surface area contributed by atoms with Crippen molar-refractivity contribution in [3.05, 3.63) is 89.8 Å². The number of nitrogens with zero attached hydrogens (tertiary/aromatic N) is 5. The summed E-state index contributed by atoms with van der Waals surface area (Å²) in [5.74, 6) is 0.699. The van der Waals surface area contributed by atoms with E-state index in [0.717, 1.165) is 5.56 Å². The Kier molecular flexibility index (Phi) is 10.9. The first-order chi connectivity index (χ1) is 26.4. The van der Waals surface area contributed by atoms with Crippen LogP contribution in [0.15, 0.2) is 80.3 Å². The zero-order valence-electron chi connectivity index (χ0n) is 30.3. The van der Waals surface area contributed by atoms with E-state index in [1.165, 1.54) is 9.80 Å². The van der Waals surface area contributed by atoms with Crippen molar-refractivity contribution in [3.63, 3.8) is 0 Å². The number of aromatic nitrogens is 3. The van der Waals surface area contributed by atoms with Crippen molar-refractivity contribution in [2.24, 2.45) is 0 Å². The molecule has 0 bridgehead atoms. The van der Waals surface area contributed by atoms with E-state index in [9.17, 15) is 29.4 Å². The van der Waals surface area contributed by atoms with E-state index >= 15 is 0 Å². The van der Waals surface area contributed by atoms with Crippen LogP contribution < -0.4 is 10.6 Å². The number of β-amino-alcohol motifs (C(OH)–C–C–N with tert-alkyl or cyclic N) is 2. The minimum Gasteiger partial charge on any atom is -0.436 e. The van der Waals surface area contributed by atoms with Gasteiger partial charge in [-0.2, -0.15) is 0 Å². The second-order valence-electron chi connectivity index (χ2n) is 14.1. The molecule has 16 heteroatoms. The smallest absolute Gasteiger partial charge is 0.230 e. The van der Waals surface area contributed by atoms with Crippen LogP contribution in [-0.2, 0) is 32.0 Å². The van der Waals surface area contributed by atoms with Crippen LogP contribution in [0.2, 0.25) is 0 Å². The third-order valence-corrected chi connectivity index (χ3v) is 9.65. The monoisotopic (exact) mass is 751 g/mol. The quantitative estimate of drug-likeness (QED) is 0.144. The molecule has 2 fully saturated rings. The minimum absolute atomic E-state index is 0.00398. The molecule has 7 rings (SSSR count). The molecule has 55 heavy (non-hydrogen) atoms. The van der Waals surface area contributed by atoms with Gasteiger partial charge in [0.05, 0.1) is 42.6 Å². The summed E-state index contributed by atoms with van der Waals surface area (Å²) in [4.78, 5) is 59.2. The largest absolute Gasteiger partial charge is 0.436 e. The molecule has 0 saturated carbocycles. The number of amides is 4. The molecule has 0 aliphatic carbocycles. The Hall–Kier alpha value is -6.13. The van der Waals surface area contributed by atoms with Crippen LogP contribution in [0.5, 0.6) is 0 Å². The second kappa shape index (κ2) is 16.1. The highest BCUT2D eigenvalue weighted by atomic mass is 16.5. The van der Waals surface area contributed by atoms with Gasteiger partial charge >= 0.3 is 0 Å². The van der Waals surface area contributed by atoms with E-state index in [4.69, 9.17) is 13.5 Å². The first-order valence-corrected chi connectivity index (χ1v) is 18.0. The number of likely N-dealkylation sites (tertiary alicyclic amines) is 2. The van der Waals surface area contributed by atoms with Gasteiger partial charge in [-0.05, 0) is 75.2 Å². The average Bonchev–Trinajstić information content (AvgIpc) is 3.99. The van der Waals surface area contributed by atoms with Crippen molar-refractivity contribution in [2.45, 2.75) is 76.7 Å². The number of nitrogens with one attached hydrogen (secondary N) is 2. The van der Waals surface area contributed by atoms with E-state index < -0.39 is 24.3 Å². The van der Waals surface area contributed by atoms with Crippen molar-refractivity contribution in [2.75, 3.05) is 23.7 Å². The van der Waals surface area contributed by atoms with Crippen molar-refractivity contribution < 1.29 is 42.9 Å². The maximum Gasteiger partial charge on any atom is 0.230 e. The average molecular weight is 752 g/mol. The van der Waals surface area contributed by atoms with Gasteiger partial charge in [0.25, 0.3) is 0 Å². The van der Waals surface area contributed by atoms with E-state index in [1.807, 2.05) is 0 Å². The number of rotatable bonds is 12. The molecule has 2 aliphatic heterocycles. The predicted octanol–water partition coefficient (Wildman–Crippen LogP) is 3.67. The molecule has 5 heterocycles. The van der Waals surface area contributed by atoms with Gasteiger partial charge in [0.2, 0.25) is 29.5 Å². The van der Waals surface area contributed by atoms with Gasteiger partial charge in [-0.1, -0.05) is 10.3 Å². The number of anilines is 2. The summed E-state index contributed by atoms with van der Waals surface area (Å²) < 4.78 is 16.3. The van der Waals surface area contributed by atoms with E-state index in [1.54, 1.807) is 80.7 Å². The zero-order valence-corrected chi connectivity index (χ0v) is 30.3. The Morgan fingerprint density at radius 1 is 0.709 bits per heavy atom. The summed E-state index contributed by atoms with van der Waals surface area (Å²) in [5, 5.41) is 33.8. The number of aliphatic hydroxyl groups is 2. The molecule has 0 spiro atoms. The number of benzene rings is 2. The maximum atomic E-state index is 12.9. The lowest BCUT2D eigenvalue weighted by molar-refractivity contribution is -0.133. The highest BCUT2D eigenvalue weighted by Gasteiger charge is 2.37. The molecule has 16 nitrogen and oxygen atoms in total. The number of hydrogen-bond acceptors (Lipinski definition) is 12. The Morgan fingerprint density at radius 3 is 1.60 bits per heavy atom. The predicted molar refractivity (Wildman–Crippen MR) is 196 cm³/mol. The highest BCUT2D eigenvalue weighted by Crippen LogP contribution is 2.29. The van der Waals surface area contributed by atoms with Crippen LogP contribution >= 0.6 is 0 Å². The molecule has 4 amide bonds. The Morgan fingerprint density at radius 2 is 1.16 bits per heavy atom. The lowest BCUT2D eigenvalue weighted by atomic mass is 10.1. The maximum absolute atomic E-state index is 12.9. The molecule has 2 aliphatic rings. The van der Waals surface area contributed by atoms with Gasteiger partial charge in [0.1, 0.15) is 11.5 Å². The van der Waals surface area contributed by atoms with Crippen molar-refractivity contribution in [1.29, 1.82) is 0 Å². The van der Waals surface area contributed by atoms with Gasteiger partial charge in [0, 0.05) is 72.6 Å². The molecule has 2 saturated heterocycles. The fraction of sp³-hybridized carbons (Fsp3) is 0.359. The topological polar surface area (TPSA) is 217 Å². The molecule has 5 aromatic rings. The lowest BCUT2D eigenvalue weighted by Crippen LogP contribution is -2.39. The second-order valence-corrected chi connectivity index (χ2v) is 14.1. The summed E-state index contributed by atoms with van der Waals surface area (Å²) in [7, 11) is 0. The van der Waals surface area contributed by atoms with Crippen molar-refractivity contribution in [3.8, 4) is 22.8 Å². The van der Waals surface area contributed by atoms with Crippen molar-refractivity contribution in [1.82, 2.24) is 25.1 Å². The molecule has 0 radical (unpaired) electrons. The summed E-state index contributed by atoms with van der Waals surface area (Å²) >= 11 is 0. The highest BCUT2D eigenvalue weighted by molar-refractivity contribution is 5.93. The van der Waals surface area contributed by atoms with Crippen LogP contribution in [0, 0.1) is 13.8 Å². The SMILES string of the molecule is Cc1cc(CC(=O)N2C[C@H](O)C[C@H]2CC(=O)Nc2ccc(-c3cnc(-c4ccc(NC(=O)C[C@@H]5C[C@@H](O)CN5C(=O)Cc5cc(C)no5)cc4)o3)cc2)on1. The minimum atomic E-state index is -0.710. The fourth-order valence-electron chi connectivity index (χ4n) is 7.09. The first kappa shape index (κ1) is 37.2. The van der Waals surface area contributed by atoms with Gasteiger partial charge in [-0.15, -0.1) is 0 Å². The Balaban J connectivity index is 0.896. The standard InChI is InChI=1S/C39H41N7O9/c1-22-11-32(54-43-22)17-37(51)45-20-30(47)13-28(45)15-35(49)41-26-7-3-24(4-8-26)34-19-40-39(53-34)25-5-9-27(10-6-25)42-36(50)16-29-14-31(48)21-46(29)38(52)18-33-12-23(2)44-55-33/h3-12,19,28-31,47-48H,13-18,20-21H2,1-2H3,(H,41,49)(H,42,50)/t28-,29-,30+,31+/m0/s1.